The van der Waals surface area contributed by atoms with Crippen molar-refractivity contribution in [1.82, 2.24) is 18.7 Å². The van der Waals surface area contributed by atoms with E-state index in [1.165, 1.54) is 0 Å². The number of nitrogens with zero attached hydrogens (tertiary/aromatic N) is 6. The standard InChI is InChI=1S/C49H28N6/c50-28-32-26-25-31(27-33(32)29-51)47-46(53-40-19-7-1-13-34(40)35-14-2-8-20-41(35)53)30-52-49(55-44-23-11-5-17-38(44)39-18-6-12-24-45(39)55)48(47)54-42-21-9-3-15-36(42)37-16-4-10-22-43(37)54/h1-27,30H. The molecule has 254 valence electrons. The van der Waals surface area contributed by atoms with E-state index >= 15 is 0 Å². The molecule has 0 radical (unpaired) electrons. The van der Waals surface area contributed by atoms with E-state index in [0.717, 1.165) is 93.7 Å². The van der Waals surface area contributed by atoms with Crippen molar-refractivity contribution in [1.29, 1.82) is 10.5 Å². The SMILES string of the molecule is N#Cc1ccc(-c2c(-n3c4ccccc4c4ccccc43)cnc(-n3c4ccccc4c4ccccc43)c2-n2c3ccccc3c3ccccc32)cc1C#N. The lowest BCUT2D eigenvalue weighted by Crippen LogP contribution is -2.11. The van der Waals surface area contributed by atoms with Crippen molar-refractivity contribution in [2.75, 3.05) is 0 Å². The van der Waals surface area contributed by atoms with Gasteiger partial charge in [-0.2, -0.15) is 10.5 Å². The molecule has 0 saturated carbocycles. The summed E-state index contributed by atoms with van der Waals surface area (Å²) in [6.45, 7) is 0. The maximum atomic E-state index is 10.4. The minimum atomic E-state index is 0.316. The van der Waals surface area contributed by atoms with Crippen LogP contribution in [0.3, 0.4) is 0 Å². The number of rotatable bonds is 4. The molecule has 0 N–H and O–H groups in total. The Bertz CT molecular complexity index is 3310. The fourth-order valence-corrected chi connectivity index (χ4v) is 8.70. The summed E-state index contributed by atoms with van der Waals surface area (Å²) < 4.78 is 6.91. The molecule has 6 heteroatoms. The molecule has 55 heavy (non-hydrogen) atoms. The smallest absolute Gasteiger partial charge is 0.162 e. The number of pyridine rings is 1. The van der Waals surface area contributed by atoms with E-state index in [2.05, 4.69) is 171 Å². The van der Waals surface area contributed by atoms with Gasteiger partial charge in [0.25, 0.3) is 0 Å². The van der Waals surface area contributed by atoms with Crippen LogP contribution in [0.2, 0.25) is 0 Å². The third-order valence-electron chi connectivity index (χ3n) is 11.0. The van der Waals surface area contributed by atoms with Crippen LogP contribution in [0.15, 0.2) is 170 Å². The van der Waals surface area contributed by atoms with Crippen molar-refractivity contribution >= 4 is 65.4 Å². The van der Waals surface area contributed by atoms with E-state index in [1.807, 2.05) is 18.3 Å². The van der Waals surface area contributed by atoms with Crippen LogP contribution in [0.1, 0.15) is 11.1 Å². The monoisotopic (exact) mass is 700 g/mol. The van der Waals surface area contributed by atoms with Gasteiger partial charge in [0.1, 0.15) is 12.1 Å². The zero-order chi connectivity index (χ0) is 36.6. The van der Waals surface area contributed by atoms with Gasteiger partial charge in [0, 0.05) is 37.9 Å². The minimum Gasteiger partial charge on any atom is -0.307 e. The summed E-state index contributed by atoms with van der Waals surface area (Å²) in [4.78, 5) is 5.53. The molecule has 11 rings (SSSR count). The van der Waals surface area contributed by atoms with E-state index in [4.69, 9.17) is 4.98 Å². The number of nitriles is 2. The largest absolute Gasteiger partial charge is 0.307 e. The molecule has 4 aromatic heterocycles. The van der Waals surface area contributed by atoms with Crippen LogP contribution in [0.5, 0.6) is 0 Å². The molecule has 0 fully saturated rings. The summed E-state index contributed by atoms with van der Waals surface area (Å²) >= 11 is 0. The first-order chi connectivity index (χ1) is 27.2. The molecular weight excluding hydrogens is 673 g/mol. The molecule has 0 unspecified atom stereocenters. The zero-order valence-corrected chi connectivity index (χ0v) is 29.3. The second-order valence-corrected chi connectivity index (χ2v) is 13.8. The van der Waals surface area contributed by atoms with Gasteiger partial charge in [-0.3, -0.25) is 4.57 Å². The zero-order valence-electron chi connectivity index (χ0n) is 29.3. The summed E-state index contributed by atoms with van der Waals surface area (Å²) in [5.41, 5.74) is 10.2. The van der Waals surface area contributed by atoms with Gasteiger partial charge in [-0.25, -0.2) is 4.98 Å². The highest BCUT2D eigenvalue weighted by Gasteiger charge is 2.28. The summed E-state index contributed by atoms with van der Waals surface area (Å²) in [5, 5.41) is 27.2. The van der Waals surface area contributed by atoms with Gasteiger partial charge in [0.05, 0.1) is 61.8 Å². The van der Waals surface area contributed by atoms with E-state index in [1.54, 1.807) is 6.07 Å². The van der Waals surface area contributed by atoms with Crippen molar-refractivity contribution in [2.45, 2.75) is 0 Å². The van der Waals surface area contributed by atoms with Gasteiger partial charge in [-0.05, 0) is 54.1 Å². The van der Waals surface area contributed by atoms with Crippen LogP contribution in [-0.4, -0.2) is 18.7 Å². The Labute approximate surface area is 315 Å². The number of fused-ring (bicyclic) bond motifs is 9. The maximum Gasteiger partial charge on any atom is 0.162 e. The van der Waals surface area contributed by atoms with Crippen molar-refractivity contribution in [3.63, 3.8) is 0 Å². The molecule has 0 aliphatic rings. The first-order valence-corrected chi connectivity index (χ1v) is 18.2. The maximum absolute atomic E-state index is 10.4. The van der Waals surface area contributed by atoms with Crippen LogP contribution >= 0.6 is 0 Å². The molecule has 11 aromatic rings. The average molecular weight is 701 g/mol. The van der Waals surface area contributed by atoms with E-state index in [9.17, 15) is 10.5 Å². The highest BCUT2D eigenvalue weighted by atomic mass is 15.1. The number of hydrogen-bond acceptors (Lipinski definition) is 3. The molecule has 4 heterocycles. The molecule has 0 saturated heterocycles. The summed E-state index contributed by atoms with van der Waals surface area (Å²) in [6, 6.07) is 61.0. The Balaban J connectivity index is 1.42. The van der Waals surface area contributed by atoms with Crippen LogP contribution in [-0.2, 0) is 0 Å². The van der Waals surface area contributed by atoms with Gasteiger partial charge < -0.3 is 9.13 Å². The molecule has 6 nitrogen and oxygen atoms in total. The third-order valence-corrected chi connectivity index (χ3v) is 11.0. The predicted octanol–water partition coefficient (Wildman–Crippen LogP) is 11.8. The quantitative estimate of drug-likeness (QED) is 0.183. The first kappa shape index (κ1) is 30.7. The normalized spacial score (nSPS) is 11.6. The van der Waals surface area contributed by atoms with E-state index in [0.29, 0.717) is 11.1 Å². The first-order valence-electron chi connectivity index (χ1n) is 18.2. The van der Waals surface area contributed by atoms with E-state index in [-0.39, 0.29) is 0 Å². The van der Waals surface area contributed by atoms with Gasteiger partial charge in [-0.1, -0.05) is 115 Å². The Morgan fingerprint density at radius 1 is 0.400 bits per heavy atom. The minimum absolute atomic E-state index is 0.316. The Hall–Kier alpha value is -7.93. The van der Waals surface area contributed by atoms with Gasteiger partial charge in [-0.15, -0.1) is 0 Å². The fraction of sp³-hybridized carbons (Fsp3) is 0. The number of para-hydroxylation sites is 6. The predicted molar refractivity (Wildman–Crippen MR) is 222 cm³/mol. The third kappa shape index (κ3) is 4.31. The molecule has 0 atom stereocenters. The summed E-state index contributed by atoms with van der Waals surface area (Å²) in [5.74, 6) is 0.742. The Morgan fingerprint density at radius 3 is 1.20 bits per heavy atom. The highest BCUT2D eigenvalue weighted by Crippen LogP contribution is 2.45. The number of aromatic nitrogens is 4. The molecule has 0 spiro atoms. The van der Waals surface area contributed by atoms with Crippen LogP contribution in [0.4, 0.5) is 0 Å². The van der Waals surface area contributed by atoms with Crippen molar-refractivity contribution in [2.24, 2.45) is 0 Å². The van der Waals surface area contributed by atoms with Crippen molar-refractivity contribution in [3.05, 3.63) is 181 Å². The van der Waals surface area contributed by atoms with Crippen molar-refractivity contribution < 1.29 is 0 Å². The Morgan fingerprint density at radius 2 is 0.782 bits per heavy atom. The molecular formula is C49H28N6. The van der Waals surface area contributed by atoms with Gasteiger partial charge in [0.15, 0.2) is 5.82 Å². The average Bonchev–Trinajstić information content (AvgIpc) is 3.89. The van der Waals surface area contributed by atoms with Crippen LogP contribution < -0.4 is 0 Å². The summed E-state index contributed by atoms with van der Waals surface area (Å²) in [7, 11) is 0. The number of benzene rings is 7. The summed E-state index contributed by atoms with van der Waals surface area (Å²) in [6.07, 6.45) is 1.98. The fourth-order valence-electron chi connectivity index (χ4n) is 8.70. The molecule has 0 aliphatic carbocycles. The second-order valence-electron chi connectivity index (χ2n) is 13.8. The van der Waals surface area contributed by atoms with Crippen molar-refractivity contribution in [3.8, 4) is 40.5 Å². The second kappa shape index (κ2) is 11.8. The highest BCUT2D eigenvalue weighted by molar-refractivity contribution is 6.13. The molecule has 0 bridgehead atoms. The lowest BCUT2D eigenvalue weighted by Gasteiger charge is -2.23. The Kier molecular flexibility index (Phi) is 6.58. The van der Waals surface area contributed by atoms with Crippen LogP contribution in [0, 0.1) is 22.7 Å². The van der Waals surface area contributed by atoms with E-state index < -0.39 is 0 Å². The lowest BCUT2D eigenvalue weighted by atomic mass is 9.97. The molecule has 0 amide bonds. The lowest BCUT2D eigenvalue weighted by molar-refractivity contribution is 1.01. The van der Waals surface area contributed by atoms with Gasteiger partial charge >= 0.3 is 0 Å². The molecule has 7 aromatic carbocycles. The topological polar surface area (TPSA) is 75.3 Å². The number of hydrogen-bond donors (Lipinski definition) is 0. The molecule has 0 aliphatic heterocycles. The van der Waals surface area contributed by atoms with Gasteiger partial charge in [0.2, 0.25) is 0 Å². The van der Waals surface area contributed by atoms with Crippen LogP contribution in [0.25, 0.3) is 93.7 Å².